The van der Waals surface area contributed by atoms with Gasteiger partial charge in [-0.25, -0.2) is 9.98 Å². The van der Waals surface area contributed by atoms with Gasteiger partial charge in [0.1, 0.15) is 17.3 Å². The van der Waals surface area contributed by atoms with Gasteiger partial charge in [-0.1, -0.05) is 45.0 Å². The number of nitriles is 1. The lowest BCUT2D eigenvalue weighted by Crippen LogP contribution is -2.58. The van der Waals surface area contributed by atoms with Crippen LogP contribution in [-0.4, -0.2) is 63.3 Å². The van der Waals surface area contributed by atoms with E-state index in [-0.39, 0.29) is 24.8 Å². The minimum Gasteiger partial charge on any atom is -0.391 e. The summed E-state index contributed by atoms with van der Waals surface area (Å²) in [5.74, 6) is -0.834. The summed E-state index contributed by atoms with van der Waals surface area (Å²) in [6.07, 6.45) is 0.333. The van der Waals surface area contributed by atoms with E-state index in [1.54, 1.807) is 23.8 Å². The summed E-state index contributed by atoms with van der Waals surface area (Å²) < 4.78 is 0. The molecule has 2 unspecified atom stereocenters. The summed E-state index contributed by atoms with van der Waals surface area (Å²) in [5, 5.41) is 25.7. The summed E-state index contributed by atoms with van der Waals surface area (Å²) in [6, 6.07) is 8.13. The van der Waals surface area contributed by atoms with Gasteiger partial charge < -0.3 is 20.6 Å². The van der Waals surface area contributed by atoms with Crippen LogP contribution in [0.1, 0.15) is 58.2 Å². The smallest absolute Gasteiger partial charge is 0.257 e. The third-order valence-electron chi connectivity index (χ3n) is 8.15. The molecule has 1 saturated carbocycles. The fourth-order valence-electron chi connectivity index (χ4n) is 5.35. The van der Waals surface area contributed by atoms with Crippen molar-refractivity contribution in [2.75, 3.05) is 6.54 Å². The second kappa shape index (κ2) is 9.78. The summed E-state index contributed by atoms with van der Waals surface area (Å²) in [7, 11) is 0. The summed E-state index contributed by atoms with van der Waals surface area (Å²) >= 11 is 1.55. The van der Waals surface area contributed by atoms with Gasteiger partial charge in [-0.15, -0.1) is 11.3 Å². The lowest BCUT2D eigenvalue weighted by Gasteiger charge is -2.36. The number of amides is 3. The summed E-state index contributed by atoms with van der Waals surface area (Å²) in [5.41, 5.74) is 1.50. The number of thiazole rings is 1. The topological polar surface area (TPSA) is 148 Å². The highest BCUT2D eigenvalue weighted by atomic mass is 32.1. The van der Waals surface area contributed by atoms with Crippen LogP contribution in [-0.2, 0) is 19.9 Å². The first-order valence-corrected chi connectivity index (χ1v) is 14.3. The Hall–Kier alpha value is -3.62. The van der Waals surface area contributed by atoms with Crippen LogP contribution in [0.15, 0.2) is 34.8 Å². The molecule has 1 aromatic heterocycles. The Morgan fingerprint density at radius 2 is 1.95 bits per heavy atom. The molecular weight excluding hydrogens is 528 g/mol. The molecule has 210 valence electrons. The number of rotatable bonds is 6. The maximum absolute atomic E-state index is 13.9. The molecule has 3 heterocycles. The van der Waals surface area contributed by atoms with Crippen LogP contribution in [0.25, 0.3) is 10.4 Å². The number of carbonyl (C=O) groups is 3. The van der Waals surface area contributed by atoms with Gasteiger partial charge in [0.15, 0.2) is 5.54 Å². The number of nitrogens with zero attached hydrogens (tertiary/aromatic N) is 4. The maximum atomic E-state index is 13.9. The molecule has 40 heavy (non-hydrogen) atoms. The SMILES string of the molecule is Cc1ncsc1-c1ccc(C2(C)N=C([C@H]3C[C@@H](O)CN3C(=O)C(NC(=O)C3(C#N)CC3)C(C)(C)C)NC2=O)cc1. The van der Waals surface area contributed by atoms with Gasteiger partial charge in [-0.05, 0) is 43.2 Å². The summed E-state index contributed by atoms with van der Waals surface area (Å²) in [4.78, 5) is 51.8. The first-order valence-electron chi connectivity index (χ1n) is 13.4. The number of aryl methyl sites for hydroxylation is 1. The van der Waals surface area contributed by atoms with Crippen molar-refractivity contribution in [3.63, 3.8) is 0 Å². The van der Waals surface area contributed by atoms with E-state index in [2.05, 4.69) is 21.7 Å². The van der Waals surface area contributed by atoms with Crippen LogP contribution < -0.4 is 10.6 Å². The minimum absolute atomic E-state index is 0.0455. The second-order valence-electron chi connectivity index (χ2n) is 12.2. The van der Waals surface area contributed by atoms with Gasteiger partial charge in [-0.2, -0.15) is 5.26 Å². The number of aliphatic hydroxyl groups excluding tert-OH is 1. The van der Waals surface area contributed by atoms with E-state index in [9.17, 15) is 24.8 Å². The van der Waals surface area contributed by atoms with Gasteiger partial charge in [0.25, 0.3) is 5.91 Å². The minimum atomic E-state index is -1.21. The van der Waals surface area contributed by atoms with Gasteiger partial charge >= 0.3 is 0 Å². The molecule has 2 fully saturated rings. The van der Waals surface area contributed by atoms with E-state index >= 15 is 0 Å². The number of nitrogens with one attached hydrogen (secondary N) is 2. The fraction of sp³-hybridized carbons (Fsp3) is 0.517. The zero-order valence-corrected chi connectivity index (χ0v) is 24.1. The molecule has 3 N–H and O–H groups in total. The molecule has 2 aromatic rings. The third kappa shape index (κ3) is 4.80. The molecule has 3 amide bonds. The largest absolute Gasteiger partial charge is 0.391 e. The zero-order chi connectivity index (χ0) is 29.0. The lowest BCUT2D eigenvalue weighted by atomic mass is 9.85. The van der Waals surface area contributed by atoms with Crippen LogP contribution >= 0.6 is 11.3 Å². The average molecular weight is 563 g/mol. The van der Waals surface area contributed by atoms with Crippen molar-refractivity contribution >= 4 is 34.9 Å². The molecule has 5 rings (SSSR count). The van der Waals surface area contributed by atoms with Crippen LogP contribution in [0.2, 0.25) is 0 Å². The number of aliphatic hydroxyl groups is 1. The Kier molecular flexibility index (Phi) is 6.83. The van der Waals surface area contributed by atoms with E-state index in [0.717, 1.165) is 16.1 Å². The van der Waals surface area contributed by atoms with Gasteiger partial charge in [-0.3, -0.25) is 14.4 Å². The highest BCUT2D eigenvalue weighted by Crippen LogP contribution is 2.45. The Morgan fingerprint density at radius 1 is 1.27 bits per heavy atom. The second-order valence-corrected chi connectivity index (χ2v) is 13.1. The fourth-order valence-corrected chi connectivity index (χ4v) is 6.16. The normalized spacial score (nSPS) is 26.1. The Morgan fingerprint density at radius 3 is 2.50 bits per heavy atom. The predicted octanol–water partition coefficient (Wildman–Crippen LogP) is 2.66. The molecule has 4 atom stereocenters. The van der Waals surface area contributed by atoms with Crippen LogP contribution in [0.5, 0.6) is 0 Å². The van der Waals surface area contributed by atoms with Gasteiger partial charge in [0, 0.05) is 13.0 Å². The quantitative estimate of drug-likeness (QED) is 0.493. The molecular formula is C29H34N6O4S. The first kappa shape index (κ1) is 27.9. The van der Waals surface area contributed by atoms with E-state index < -0.39 is 40.5 Å². The molecule has 10 nitrogen and oxygen atoms in total. The zero-order valence-electron chi connectivity index (χ0n) is 23.3. The van der Waals surface area contributed by atoms with E-state index in [4.69, 9.17) is 4.99 Å². The molecule has 11 heteroatoms. The molecule has 0 radical (unpaired) electrons. The number of hydrogen-bond donors (Lipinski definition) is 3. The van der Waals surface area contributed by atoms with E-state index in [1.165, 1.54) is 4.90 Å². The van der Waals surface area contributed by atoms with Gasteiger partial charge in [0.2, 0.25) is 11.8 Å². The van der Waals surface area contributed by atoms with Crippen LogP contribution in [0.4, 0.5) is 0 Å². The van der Waals surface area contributed by atoms with E-state index in [1.807, 2.05) is 52.0 Å². The molecule has 3 aliphatic rings. The molecule has 0 bridgehead atoms. The Bertz CT molecular complexity index is 1430. The molecule has 1 aliphatic carbocycles. The van der Waals surface area contributed by atoms with E-state index in [0.29, 0.717) is 24.2 Å². The number of aromatic nitrogens is 1. The number of likely N-dealkylation sites (tertiary alicyclic amines) is 1. The van der Waals surface area contributed by atoms with Crippen LogP contribution in [0.3, 0.4) is 0 Å². The Labute approximate surface area is 237 Å². The van der Waals surface area contributed by atoms with Gasteiger partial charge in [0.05, 0.1) is 34.3 Å². The molecule has 1 aromatic carbocycles. The molecule has 2 aliphatic heterocycles. The van der Waals surface area contributed by atoms with Crippen molar-refractivity contribution in [3.05, 3.63) is 41.0 Å². The highest BCUT2D eigenvalue weighted by Gasteiger charge is 2.53. The van der Waals surface area contributed by atoms with Crippen molar-refractivity contribution in [3.8, 4) is 16.5 Å². The van der Waals surface area contributed by atoms with Crippen molar-refractivity contribution in [1.82, 2.24) is 20.5 Å². The lowest BCUT2D eigenvalue weighted by molar-refractivity contribution is -0.140. The monoisotopic (exact) mass is 562 g/mol. The first-order chi connectivity index (χ1) is 18.8. The maximum Gasteiger partial charge on any atom is 0.257 e. The molecule has 0 spiro atoms. The summed E-state index contributed by atoms with van der Waals surface area (Å²) in [6.45, 7) is 9.25. The number of hydrogen-bond acceptors (Lipinski definition) is 8. The van der Waals surface area contributed by atoms with Crippen molar-refractivity contribution in [1.29, 1.82) is 5.26 Å². The van der Waals surface area contributed by atoms with Crippen molar-refractivity contribution < 1.29 is 19.5 Å². The predicted molar refractivity (Wildman–Crippen MR) is 150 cm³/mol. The van der Waals surface area contributed by atoms with Crippen molar-refractivity contribution in [2.45, 2.75) is 77.6 Å². The average Bonchev–Trinajstić information content (AvgIpc) is 3.28. The standard InChI is InChI=1S/C29H34N6O4S/c1-16-21(40-15-31-16)17-6-8-18(9-7-17)28(5)25(38)33-23(34-28)20-12-19(36)13-35(20)24(37)22(27(2,3)4)32-26(39)29(14-30)10-11-29/h6-9,15,19-20,22,36H,10-13H2,1-5H3,(H,32,39)(H,33,34,38)/t19-,20-,22?,28?/m1/s1. The Balaban J connectivity index is 1.41. The molecule has 1 saturated heterocycles. The number of carbonyl (C=O) groups excluding carboxylic acids is 3. The third-order valence-corrected chi connectivity index (χ3v) is 9.12. The number of β-amino-alcohol motifs (C(OH)–C–C–N with tert-alkyl or cyclic N) is 1. The van der Waals surface area contributed by atoms with Crippen LogP contribution in [0, 0.1) is 29.1 Å². The number of aliphatic imine (C=N–C) groups is 1. The highest BCUT2D eigenvalue weighted by molar-refractivity contribution is 7.13. The van der Waals surface area contributed by atoms with Crippen molar-refractivity contribution in [2.24, 2.45) is 15.8 Å². The number of amidine groups is 1. The number of benzene rings is 1.